The number of nitrogens with one attached hydrogen (secondary N) is 1. The maximum atomic E-state index is 5.87. The molecular formula is C15H19BrN2O. The van der Waals surface area contributed by atoms with Crippen molar-refractivity contribution in [2.24, 2.45) is 0 Å². The molecule has 0 amide bonds. The molecule has 1 unspecified atom stereocenters. The Labute approximate surface area is 122 Å². The molecule has 19 heavy (non-hydrogen) atoms. The van der Waals surface area contributed by atoms with Crippen LogP contribution in [-0.4, -0.2) is 11.5 Å². The van der Waals surface area contributed by atoms with E-state index < -0.39 is 0 Å². The number of hydrogen-bond acceptors (Lipinski definition) is 3. The fourth-order valence-electron chi connectivity index (χ4n) is 1.92. The molecule has 0 bridgehead atoms. The third kappa shape index (κ3) is 3.45. The lowest BCUT2D eigenvalue weighted by Crippen LogP contribution is -2.19. The van der Waals surface area contributed by atoms with Crippen LogP contribution in [0.2, 0.25) is 0 Å². The summed E-state index contributed by atoms with van der Waals surface area (Å²) in [6, 6.07) is 6.30. The average molecular weight is 323 g/mol. The van der Waals surface area contributed by atoms with Crippen molar-refractivity contribution >= 4 is 15.9 Å². The van der Waals surface area contributed by atoms with Gasteiger partial charge in [-0.3, -0.25) is 0 Å². The van der Waals surface area contributed by atoms with Gasteiger partial charge in [0.15, 0.2) is 5.76 Å². The summed E-state index contributed by atoms with van der Waals surface area (Å²) in [6.45, 7) is 7.25. The molecule has 3 nitrogen and oxygen atoms in total. The zero-order chi connectivity index (χ0) is 13.8. The van der Waals surface area contributed by atoms with Gasteiger partial charge >= 0.3 is 0 Å². The molecule has 0 saturated heterocycles. The first-order valence-corrected chi connectivity index (χ1v) is 7.36. The first-order valence-electron chi connectivity index (χ1n) is 6.57. The summed E-state index contributed by atoms with van der Waals surface area (Å²) >= 11 is 3.49. The number of oxazole rings is 1. The van der Waals surface area contributed by atoms with Crippen molar-refractivity contribution in [3.63, 3.8) is 0 Å². The quantitative estimate of drug-likeness (QED) is 0.882. The number of rotatable bonds is 5. The second-order valence-corrected chi connectivity index (χ2v) is 5.61. The molecule has 0 fully saturated rings. The second-order valence-electron chi connectivity index (χ2n) is 4.70. The first kappa shape index (κ1) is 14.3. The van der Waals surface area contributed by atoms with Crippen LogP contribution in [0.1, 0.15) is 37.8 Å². The molecule has 0 aliphatic carbocycles. The normalized spacial score (nSPS) is 12.6. The van der Waals surface area contributed by atoms with Gasteiger partial charge in [0.25, 0.3) is 0 Å². The molecule has 0 aliphatic rings. The third-order valence-corrected chi connectivity index (χ3v) is 3.55. The Morgan fingerprint density at radius 3 is 2.95 bits per heavy atom. The van der Waals surface area contributed by atoms with Crippen molar-refractivity contribution in [1.29, 1.82) is 0 Å². The van der Waals surface area contributed by atoms with Crippen LogP contribution in [0.3, 0.4) is 0 Å². The van der Waals surface area contributed by atoms with Crippen molar-refractivity contribution in [1.82, 2.24) is 10.3 Å². The molecular weight excluding hydrogens is 304 g/mol. The highest BCUT2D eigenvalue weighted by molar-refractivity contribution is 9.10. The van der Waals surface area contributed by atoms with Crippen LogP contribution in [0, 0.1) is 6.92 Å². The number of halogens is 1. The maximum absolute atomic E-state index is 5.87. The number of benzene rings is 1. The van der Waals surface area contributed by atoms with E-state index in [9.17, 15) is 0 Å². The molecule has 0 aliphatic heterocycles. The summed E-state index contributed by atoms with van der Waals surface area (Å²) in [5.74, 6) is 1.56. The van der Waals surface area contributed by atoms with E-state index in [0.29, 0.717) is 0 Å². The minimum Gasteiger partial charge on any atom is -0.439 e. The molecule has 1 N–H and O–H groups in total. The number of aromatic nitrogens is 1. The van der Waals surface area contributed by atoms with Gasteiger partial charge in [-0.25, -0.2) is 4.98 Å². The topological polar surface area (TPSA) is 38.1 Å². The van der Waals surface area contributed by atoms with Crippen molar-refractivity contribution < 1.29 is 4.42 Å². The number of aryl methyl sites for hydroxylation is 1. The maximum Gasteiger partial charge on any atom is 0.211 e. The second kappa shape index (κ2) is 6.35. The predicted octanol–water partition coefficient (Wildman–Crippen LogP) is 4.47. The average Bonchev–Trinajstić information content (AvgIpc) is 2.88. The molecule has 4 heteroatoms. The van der Waals surface area contributed by atoms with Crippen molar-refractivity contribution in [3.8, 4) is 11.3 Å². The number of nitrogens with zero attached hydrogens (tertiary/aromatic N) is 1. The molecule has 1 aromatic heterocycles. The standard InChI is InChI=1S/C15H19BrN2O/c1-4-7-17-11(3)15-18-9-14(19-15)13-8-12(16)6-5-10(13)2/h5-6,8-9,11,17H,4,7H2,1-3H3. The Bertz CT molecular complexity index is 551. The molecule has 2 aromatic rings. The molecule has 102 valence electrons. The summed E-state index contributed by atoms with van der Waals surface area (Å²) in [4.78, 5) is 4.37. The summed E-state index contributed by atoms with van der Waals surface area (Å²) in [5.41, 5.74) is 2.26. The lowest BCUT2D eigenvalue weighted by molar-refractivity contribution is 0.423. The Kier molecular flexibility index (Phi) is 4.77. The fraction of sp³-hybridized carbons (Fsp3) is 0.400. The minimum absolute atomic E-state index is 0.140. The van der Waals surface area contributed by atoms with Gasteiger partial charge in [-0.05, 0) is 44.5 Å². The van der Waals surface area contributed by atoms with E-state index in [4.69, 9.17) is 4.42 Å². The van der Waals surface area contributed by atoms with E-state index >= 15 is 0 Å². The minimum atomic E-state index is 0.140. The van der Waals surface area contributed by atoms with Crippen LogP contribution < -0.4 is 5.32 Å². The van der Waals surface area contributed by atoms with E-state index in [-0.39, 0.29) is 6.04 Å². The summed E-state index contributed by atoms with van der Waals surface area (Å²) in [7, 11) is 0. The Morgan fingerprint density at radius 1 is 1.42 bits per heavy atom. The predicted molar refractivity (Wildman–Crippen MR) is 81.1 cm³/mol. The molecule has 2 rings (SSSR count). The summed E-state index contributed by atoms with van der Waals surface area (Å²) in [5, 5.41) is 3.37. The Hall–Kier alpha value is -1.13. The van der Waals surface area contributed by atoms with E-state index in [0.717, 1.165) is 34.7 Å². The van der Waals surface area contributed by atoms with Crippen LogP contribution in [-0.2, 0) is 0 Å². The highest BCUT2D eigenvalue weighted by atomic mass is 79.9. The van der Waals surface area contributed by atoms with E-state index in [2.05, 4.69) is 59.1 Å². The van der Waals surface area contributed by atoms with Crippen LogP contribution >= 0.6 is 15.9 Å². The van der Waals surface area contributed by atoms with Crippen LogP contribution in [0.25, 0.3) is 11.3 Å². The Balaban J connectivity index is 2.23. The monoisotopic (exact) mass is 322 g/mol. The highest BCUT2D eigenvalue weighted by Gasteiger charge is 2.13. The fourth-order valence-corrected chi connectivity index (χ4v) is 2.28. The lowest BCUT2D eigenvalue weighted by Gasteiger charge is -2.08. The van der Waals surface area contributed by atoms with Crippen LogP contribution in [0.4, 0.5) is 0 Å². The number of hydrogen-bond donors (Lipinski definition) is 1. The Morgan fingerprint density at radius 2 is 2.21 bits per heavy atom. The van der Waals surface area contributed by atoms with Crippen LogP contribution in [0.5, 0.6) is 0 Å². The van der Waals surface area contributed by atoms with Gasteiger partial charge in [0, 0.05) is 10.0 Å². The van der Waals surface area contributed by atoms with E-state index in [1.54, 1.807) is 6.20 Å². The largest absolute Gasteiger partial charge is 0.439 e. The molecule has 0 radical (unpaired) electrons. The smallest absolute Gasteiger partial charge is 0.211 e. The van der Waals surface area contributed by atoms with Gasteiger partial charge in [0.1, 0.15) is 0 Å². The van der Waals surface area contributed by atoms with Gasteiger partial charge in [0.2, 0.25) is 5.89 Å². The van der Waals surface area contributed by atoms with Gasteiger partial charge in [-0.2, -0.15) is 0 Å². The summed E-state index contributed by atoms with van der Waals surface area (Å²) < 4.78 is 6.91. The first-order chi connectivity index (χ1) is 9.11. The molecule has 0 spiro atoms. The van der Waals surface area contributed by atoms with Crippen molar-refractivity contribution in [2.45, 2.75) is 33.2 Å². The van der Waals surface area contributed by atoms with E-state index in [1.165, 1.54) is 5.56 Å². The van der Waals surface area contributed by atoms with Gasteiger partial charge in [-0.1, -0.05) is 28.9 Å². The summed E-state index contributed by atoms with van der Waals surface area (Å²) in [6.07, 6.45) is 2.90. The molecule has 1 aromatic carbocycles. The van der Waals surface area contributed by atoms with Crippen molar-refractivity contribution in [3.05, 3.63) is 40.3 Å². The zero-order valence-electron chi connectivity index (χ0n) is 11.5. The van der Waals surface area contributed by atoms with Gasteiger partial charge < -0.3 is 9.73 Å². The third-order valence-electron chi connectivity index (χ3n) is 3.06. The van der Waals surface area contributed by atoms with Gasteiger partial charge in [-0.15, -0.1) is 0 Å². The highest BCUT2D eigenvalue weighted by Crippen LogP contribution is 2.28. The van der Waals surface area contributed by atoms with E-state index in [1.807, 2.05) is 6.07 Å². The SMILES string of the molecule is CCCNC(C)c1ncc(-c2cc(Br)ccc2C)o1. The molecule has 1 heterocycles. The lowest BCUT2D eigenvalue weighted by atomic mass is 10.1. The zero-order valence-corrected chi connectivity index (χ0v) is 13.1. The molecule has 1 atom stereocenters. The van der Waals surface area contributed by atoms with Crippen molar-refractivity contribution in [2.75, 3.05) is 6.54 Å². The molecule has 0 saturated carbocycles. The van der Waals surface area contributed by atoms with Gasteiger partial charge in [0.05, 0.1) is 12.2 Å². The van der Waals surface area contributed by atoms with Crippen LogP contribution in [0.15, 0.2) is 33.3 Å².